The molecule has 120 valence electrons. The van der Waals surface area contributed by atoms with Gasteiger partial charge in [-0.25, -0.2) is 0 Å². The van der Waals surface area contributed by atoms with Crippen LogP contribution in [0.2, 0.25) is 0 Å². The van der Waals surface area contributed by atoms with Crippen molar-refractivity contribution >= 4 is 17.4 Å². The third-order valence-corrected chi connectivity index (χ3v) is 3.42. The lowest BCUT2D eigenvalue weighted by Crippen LogP contribution is -2.18. The maximum atomic E-state index is 12.3. The molecule has 0 aliphatic heterocycles. The van der Waals surface area contributed by atoms with Crippen LogP contribution in [0.1, 0.15) is 42.4 Å². The number of amides is 1. The van der Waals surface area contributed by atoms with Crippen LogP contribution in [-0.2, 0) is 5.41 Å². The molecule has 1 N–H and O–H groups in total. The first-order valence-electron chi connectivity index (χ1n) is 7.09. The van der Waals surface area contributed by atoms with Gasteiger partial charge in [0.1, 0.15) is 0 Å². The Morgan fingerprint density at radius 2 is 1.87 bits per heavy atom. The van der Waals surface area contributed by atoms with E-state index in [1.165, 1.54) is 18.2 Å². The lowest BCUT2D eigenvalue weighted by Gasteiger charge is -2.16. The minimum absolute atomic E-state index is 0.0909. The minimum Gasteiger partial charge on any atom is -0.305 e. The summed E-state index contributed by atoms with van der Waals surface area (Å²) < 4.78 is 0. The van der Waals surface area contributed by atoms with Gasteiger partial charge >= 0.3 is 0 Å². The van der Waals surface area contributed by atoms with Crippen molar-refractivity contribution in [1.82, 2.24) is 10.2 Å². The number of benzene rings is 1. The van der Waals surface area contributed by atoms with Crippen LogP contribution in [0.4, 0.5) is 11.5 Å². The lowest BCUT2D eigenvalue weighted by atomic mass is 9.92. The van der Waals surface area contributed by atoms with E-state index in [-0.39, 0.29) is 16.7 Å². The number of aromatic nitrogens is 2. The monoisotopic (exact) mass is 314 g/mol. The Morgan fingerprint density at radius 1 is 1.17 bits per heavy atom. The van der Waals surface area contributed by atoms with Crippen molar-refractivity contribution < 1.29 is 9.72 Å². The van der Waals surface area contributed by atoms with Crippen LogP contribution in [-0.4, -0.2) is 21.0 Å². The second-order valence-corrected chi connectivity index (χ2v) is 6.21. The molecule has 1 amide bonds. The van der Waals surface area contributed by atoms with E-state index in [9.17, 15) is 14.9 Å². The van der Waals surface area contributed by atoms with E-state index in [0.29, 0.717) is 11.4 Å². The SMILES string of the molecule is Cc1c(C(=O)Nc2ccc(C(C)(C)C)nn2)cccc1[N+](=O)[O-]. The summed E-state index contributed by atoms with van der Waals surface area (Å²) in [6.45, 7) is 7.59. The molecule has 0 spiro atoms. The van der Waals surface area contributed by atoms with Gasteiger partial charge < -0.3 is 5.32 Å². The summed E-state index contributed by atoms with van der Waals surface area (Å²) in [7, 11) is 0. The van der Waals surface area contributed by atoms with Crippen LogP contribution in [0.25, 0.3) is 0 Å². The highest BCUT2D eigenvalue weighted by Crippen LogP contribution is 2.22. The first kappa shape index (κ1) is 16.5. The second kappa shape index (κ2) is 6.12. The molecule has 7 heteroatoms. The molecule has 23 heavy (non-hydrogen) atoms. The van der Waals surface area contributed by atoms with E-state index >= 15 is 0 Å². The molecular weight excluding hydrogens is 296 g/mol. The molecule has 0 fully saturated rings. The Balaban J connectivity index is 2.23. The lowest BCUT2D eigenvalue weighted by molar-refractivity contribution is -0.385. The number of hydrogen-bond donors (Lipinski definition) is 1. The van der Waals surface area contributed by atoms with E-state index < -0.39 is 10.8 Å². The van der Waals surface area contributed by atoms with Crippen LogP contribution in [0.15, 0.2) is 30.3 Å². The van der Waals surface area contributed by atoms with Crippen LogP contribution in [0, 0.1) is 17.0 Å². The molecule has 2 aromatic rings. The zero-order valence-electron chi connectivity index (χ0n) is 13.5. The fourth-order valence-corrected chi connectivity index (χ4v) is 2.05. The number of anilines is 1. The molecule has 1 aromatic carbocycles. The summed E-state index contributed by atoms with van der Waals surface area (Å²) in [6.07, 6.45) is 0. The second-order valence-electron chi connectivity index (χ2n) is 6.21. The Kier molecular flexibility index (Phi) is 4.40. The first-order valence-corrected chi connectivity index (χ1v) is 7.09. The number of hydrogen-bond acceptors (Lipinski definition) is 5. The Hall–Kier alpha value is -2.83. The molecular formula is C16H18N4O3. The highest BCUT2D eigenvalue weighted by Gasteiger charge is 2.19. The van der Waals surface area contributed by atoms with Gasteiger partial charge in [0.2, 0.25) is 0 Å². The highest BCUT2D eigenvalue weighted by atomic mass is 16.6. The van der Waals surface area contributed by atoms with E-state index in [2.05, 4.69) is 15.5 Å². The zero-order valence-corrected chi connectivity index (χ0v) is 13.5. The maximum absolute atomic E-state index is 12.3. The van der Waals surface area contributed by atoms with Gasteiger partial charge in [0.15, 0.2) is 5.82 Å². The zero-order chi connectivity index (χ0) is 17.2. The van der Waals surface area contributed by atoms with Crippen LogP contribution < -0.4 is 5.32 Å². The van der Waals surface area contributed by atoms with Gasteiger partial charge in [0, 0.05) is 22.6 Å². The smallest absolute Gasteiger partial charge is 0.273 e. The predicted octanol–water partition coefficient (Wildman–Crippen LogP) is 3.24. The molecule has 0 atom stereocenters. The van der Waals surface area contributed by atoms with Gasteiger partial charge in [0.25, 0.3) is 11.6 Å². The summed E-state index contributed by atoms with van der Waals surface area (Å²) in [5.41, 5.74) is 1.13. The van der Waals surface area contributed by atoms with E-state index in [0.717, 1.165) is 5.69 Å². The van der Waals surface area contributed by atoms with E-state index in [1.807, 2.05) is 20.8 Å². The van der Waals surface area contributed by atoms with Crippen molar-refractivity contribution in [3.63, 3.8) is 0 Å². The standard InChI is InChI=1S/C16H18N4O3/c1-10-11(6-5-7-12(10)20(22)23)15(21)17-14-9-8-13(18-19-14)16(2,3)4/h5-9H,1-4H3,(H,17,19,21). The summed E-state index contributed by atoms with van der Waals surface area (Å²) in [5, 5.41) is 21.6. The molecule has 7 nitrogen and oxygen atoms in total. The van der Waals surface area contributed by atoms with Crippen LogP contribution in [0.5, 0.6) is 0 Å². The van der Waals surface area contributed by atoms with Crippen LogP contribution >= 0.6 is 0 Å². The summed E-state index contributed by atoms with van der Waals surface area (Å²) in [5.74, 6) is -0.155. The summed E-state index contributed by atoms with van der Waals surface area (Å²) in [4.78, 5) is 22.7. The van der Waals surface area contributed by atoms with Gasteiger partial charge in [-0.1, -0.05) is 26.8 Å². The summed E-state index contributed by atoms with van der Waals surface area (Å²) >= 11 is 0. The van der Waals surface area contributed by atoms with E-state index in [4.69, 9.17) is 0 Å². The average molecular weight is 314 g/mol. The van der Waals surface area contributed by atoms with Crippen molar-refractivity contribution in [1.29, 1.82) is 0 Å². The Morgan fingerprint density at radius 3 is 2.39 bits per heavy atom. The Bertz CT molecular complexity index is 749. The van der Waals surface area contributed by atoms with Crippen molar-refractivity contribution in [3.8, 4) is 0 Å². The van der Waals surface area contributed by atoms with Gasteiger partial charge in [-0.15, -0.1) is 5.10 Å². The molecule has 0 aliphatic rings. The Labute approximate surface area is 133 Å². The van der Waals surface area contributed by atoms with E-state index in [1.54, 1.807) is 19.1 Å². The van der Waals surface area contributed by atoms with Crippen molar-refractivity contribution in [2.24, 2.45) is 0 Å². The molecule has 0 aliphatic carbocycles. The number of carbonyl (C=O) groups is 1. The van der Waals surface area contributed by atoms with Crippen LogP contribution in [0.3, 0.4) is 0 Å². The molecule has 2 rings (SSSR count). The fraction of sp³-hybridized carbons (Fsp3) is 0.312. The third-order valence-electron chi connectivity index (χ3n) is 3.42. The van der Waals surface area contributed by atoms with Gasteiger partial charge in [-0.3, -0.25) is 14.9 Å². The molecule has 0 bridgehead atoms. The number of nitrogens with one attached hydrogen (secondary N) is 1. The molecule has 0 radical (unpaired) electrons. The minimum atomic E-state index is -0.510. The van der Waals surface area contributed by atoms with Gasteiger partial charge in [-0.05, 0) is 25.1 Å². The molecule has 0 unspecified atom stereocenters. The maximum Gasteiger partial charge on any atom is 0.273 e. The number of carbonyl (C=O) groups excluding carboxylic acids is 1. The van der Waals surface area contributed by atoms with Crippen molar-refractivity contribution in [3.05, 3.63) is 57.3 Å². The van der Waals surface area contributed by atoms with Gasteiger partial charge in [-0.2, -0.15) is 5.10 Å². The molecule has 0 saturated carbocycles. The van der Waals surface area contributed by atoms with Gasteiger partial charge in [0.05, 0.1) is 10.6 Å². The third kappa shape index (κ3) is 3.68. The molecule has 0 saturated heterocycles. The molecule has 1 heterocycles. The quantitative estimate of drug-likeness (QED) is 0.692. The summed E-state index contributed by atoms with van der Waals surface area (Å²) in [6, 6.07) is 7.84. The first-order chi connectivity index (χ1) is 10.7. The number of rotatable bonds is 3. The predicted molar refractivity (Wildman–Crippen MR) is 86.5 cm³/mol. The van der Waals surface area contributed by atoms with Crippen molar-refractivity contribution in [2.45, 2.75) is 33.1 Å². The highest BCUT2D eigenvalue weighted by molar-refractivity contribution is 6.05. The molecule has 1 aromatic heterocycles. The van der Waals surface area contributed by atoms with Crippen molar-refractivity contribution in [2.75, 3.05) is 5.32 Å². The number of nitrogens with zero attached hydrogens (tertiary/aromatic N) is 3. The average Bonchev–Trinajstić information content (AvgIpc) is 2.46. The fourth-order valence-electron chi connectivity index (χ4n) is 2.05. The normalized spacial score (nSPS) is 11.1. The largest absolute Gasteiger partial charge is 0.305 e. The topological polar surface area (TPSA) is 98.0 Å². The number of nitro groups is 1. The number of nitro benzene ring substituents is 1.